The van der Waals surface area contributed by atoms with Crippen LogP contribution in [0, 0.1) is 13.8 Å². The molecule has 0 radical (unpaired) electrons. The van der Waals surface area contributed by atoms with Crippen LogP contribution >= 0.6 is 11.6 Å². The monoisotopic (exact) mass is 416 g/mol. The second kappa shape index (κ2) is 9.01. The molecule has 1 atom stereocenters. The fourth-order valence-electron chi connectivity index (χ4n) is 4.02. The molecule has 7 heteroatoms. The van der Waals surface area contributed by atoms with Crippen molar-refractivity contribution in [3.05, 3.63) is 51.3 Å². The van der Waals surface area contributed by atoms with Gasteiger partial charge in [-0.3, -0.25) is 9.59 Å². The Balaban J connectivity index is 1.74. The van der Waals surface area contributed by atoms with E-state index in [2.05, 4.69) is 34.4 Å². The summed E-state index contributed by atoms with van der Waals surface area (Å²) in [4.78, 5) is 30.8. The first kappa shape index (κ1) is 21.4. The number of carbonyl (C=O) groups excluding carboxylic acids is 2. The van der Waals surface area contributed by atoms with Gasteiger partial charge in [-0.25, -0.2) is 0 Å². The number of anilines is 1. The number of H-pyrrole nitrogens is 1. The second-order valence-corrected chi connectivity index (χ2v) is 7.93. The van der Waals surface area contributed by atoms with Gasteiger partial charge in [0, 0.05) is 41.6 Å². The van der Waals surface area contributed by atoms with E-state index in [1.165, 1.54) is 0 Å². The van der Waals surface area contributed by atoms with Crippen LogP contribution in [-0.2, 0) is 11.2 Å². The van der Waals surface area contributed by atoms with Crippen LogP contribution in [0.2, 0.25) is 5.02 Å². The van der Waals surface area contributed by atoms with E-state index >= 15 is 0 Å². The Bertz CT molecular complexity index is 918. The van der Waals surface area contributed by atoms with Crippen molar-refractivity contribution in [2.45, 2.75) is 40.0 Å². The molecular formula is C22H29ClN4O2. The average molecular weight is 417 g/mol. The third kappa shape index (κ3) is 4.49. The maximum atomic E-state index is 12.8. The van der Waals surface area contributed by atoms with E-state index in [-0.39, 0.29) is 17.7 Å². The Morgan fingerprint density at radius 2 is 1.97 bits per heavy atom. The first-order valence-corrected chi connectivity index (χ1v) is 10.5. The fraction of sp³-hybridized carbons (Fsp3) is 0.455. The summed E-state index contributed by atoms with van der Waals surface area (Å²) in [6.45, 7) is 11.4. The summed E-state index contributed by atoms with van der Waals surface area (Å²) in [5.74, 6) is -0.438. The largest absolute Gasteiger partial charge is 0.362 e. The molecule has 1 aliphatic heterocycles. The van der Waals surface area contributed by atoms with Gasteiger partial charge in [-0.05, 0) is 56.3 Å². The number of aromatic amines is 1. The van der Waals surface area contributed by atoms with Gasteiger partial charge in [0.1, 0.15) is 0 Å². The van der Waals surface area contributed by atoms with Gasteiger partial charge in [0.15, 0.2) is 0 Å². The Kier molecular flexibility index (Phi) is 6.65. The molecule has 0 fully saturated rings. The Morgan fingerprint density at radius 3 is 2.66 bits per heavy atom. The van der Waals surface area contributed by atoms with E-state index in [1.807, 2.05) is 26.0 Å². The van der Waals surface area contributed by atoms with Crippen LogP contribution in [0.4, 0.5) is 5.69 Å². The Labute approximate surface area is 177 Å². The van der Waals surface area contributed by atoms with Crippen molar-refractivity contribution in [3.63, 3.8) is 0 Å². The maximum absolute atomic E-state index is 12.8. The minimum Gasteiger partial charge on any atom is -0.362 e. The van der Waals surface area contributed by atoms with Gasteiger partial charge in [0.25, 0.3) is 5.91 Å². The molecule has 3 rings (SSSR count). The van der Waals surface area contributed by atoms with Crippen molar-refractivity contribution >= 4 is 29.1 Å². The van der Waals surface area contributed by atoms with Crippen molar-refractivity contribution in [2.24, 2.45) is 0 Å². The first-order chi connectivity index (χ1) is 13.8. The number of amides is 2. The highest BCUT2D eigenvalue weighted by Gasteiger charge is 2.32. The zero-order chi connectivity index (χ0) is 21.1. The molecule has 1 aliphatic rings. The van der Waals surface area contributed by atoms with Crippen molar-refractivity contribution in [1.82, 2.24) is 15.2 Å². The topological polar surface area (TPSA) is 77.2 Å². The van der Waals surface area contributed by atoms with Crippen LogP contribution in [0.25, 0.3) is 0 Å². The molecule has 29 heavy (non-hydrogen) atoms. The number of rotatable bonds is 8. The molecule has 0 saturated heterocycles. The van der Waals surface area contributed by atoms with E-state index in [0.29, 0.717) is 23.6 Å². The zero-order valence-corrected chi connectivity index (χ0v) is 18.2. The maximum Gasteiger partial charge on any atom is 0.253 e. The third-order valence-electron chi connectivity index (χ3n) is 5.75. The molecule has 2 heterocycles. The highest BCUT2D eigenvalue weighted by atomic mass is 35.5. The predicted octanol–water partition coefficient (Wildman–Crippen LogP) is 3.63. The minimum atomic E-state index is -0.320. The number of aryl methyl sites for hydroxylation is 1. The second-order valence-electron chi connectivity index (χ2n) is 7.49. The van der Waals surface area contributed by atoms with E-state index in [9.17, 15) is 9.59 Å². The molecule has 2 amide bonds. The number of carbonyl (C=O) groups is 2. The molecule has 6 nitrogen and oxygen atoms in total. The smallest absolute Gasteiger partial charge is 0.253 e. The number of hydrogen-bond donors (Lipinski definition) is 3. The van der Waals surface area contributed by atoms with Crippen LogP contribution in [0.3, 0.4) is 0 Å². The van der Waals surface area contributed by atoms with Crippen LogP contribution in [0.5, 0.6) is 0 Å². The molecule has 1 aromatic heterocycles. The summed E-state index contributed by atoms with van der Waals surface area (Å²) in [6, 6.07) is 5.44. The molecule has 2 aromatic rings. The molecule has 0 spiro atoms. The fourth-order valence-corrected chi connectivity index (χ4v) is 4.20. The summed E-state index contributed by atoms with van der Waals surface area (Å²) in [5.41, 5.74) is 5.00. The predicted molar refractivity (Wildman–Crippen MR) is 117 cm³/mol. The van der Waals surface area contributed by atoms with Crippen molar-refractivity contribution < 1.29 is 9.59 Å². The van der Waals surface area contributed by atoms with Gasteiger partial charge in [-0.1, -0.05) is 25.4 Å². The third-order valence-corrected chi connectivity index (χ3v) is 5.98. The summed E-state index contributed by atoms with van der Waals surface area (Å²) < 4.78 is 0. The van der Waals surface area contributed by atoms with Crippen LogP contribution in [0.1, 0.15) is 52.6 Å². The number of hydrogen-bond acceptors (Lipinski definition) is 3. The average Bonchev–Trinajstić information content (AvgIpc) is 3.14. The summed E-state index contributed by atoms with van der Waals surface area (Å²) in [6.07, 6.45) is 0.499. The zero-order valence-electron chi connectivity index (χ0n) is 17.5. The van der Waals surface area contributed by atoms with Crippen LogP contribution < -0.4 is 10.6 Å². The lowest BCUT2D eigenvalue weighted by Crippen LogP contribution is -2.35. The molecule has 1 aromatic carbocycles. The van der Waals surface area contributed by atoms with Gasteiger partial charge in [-0.15, -0.1) is 0 Å². The van der Waals surface area contributed by atoms with Crippen molar-refractivity contribution in [1.29, 1.82) is 0 Å². The number of benzene rings is 1. The number of fused-ring (bicyclic) bond motifs is 1. The molecule has 0 unspecified atom stereocenters. The number of nitrogens with one attached hydrogen (secondary N) is 3. The molecule has 3 N–H and O–H groups in total. The van der Waals surface area contributed by atoms with E-state index < -0.39 is 0 Å². The van der Waals surface area contributed by atoms with Gasteiger partial charge in [-0.2, -0.15) is 0 Å². The highest BCUT2D eigenvalue weighted by Crippen LogP contribution is 2.37. The molecule has 0 aliphatic carbocycles. The van der Waals surface area contributed by atoms with E-state index in [4.69, 9.17) is 11.6 Å². The normalized spacial score (nSPS) is 15.5. The van der Waals surface area contributed by atoms with Crippen LogP contribution in [-0.4, -0.2) is 47.9 Å². The number of halogens is 1. The molecule has 0 saturated carbocycles. The number of nitrogens with zero attached hydrogens (tertiary/aromatic N) is 1. The van der Waals surface area contributed by atoms with Crippen molar-refractivity contribution in [2.75, 3.05) is 31.5 Å². The summed E-state index contributed by atoms with van der Waals surface area (Å²) >= 11 is 6.13. The Morgan fingerprint density at radius 1 is 1.24 bits per heavy atom. The summed E-state index contributed by atoms with van der Waals surface area (Å²) in [7, 11) is 0. The highest BCUT2D eigenvalue weighted by molar-refractivity contribution is 6.31. The lowest BCUT2D eigenvalue weighted by atomic mass is 9.94. The van der Waals surface area contributed by atoms with Crippen LogP contribution in [0.15, 0.2) is 18.2 Å². The molecule has 156 valence electrons. The number of likely N-dealkylation sites (N-methyl/N-ethyl adjacent to an activating group) is 1. The molecular weight excluding hydrogens is 388 g/mol. The summed E-state index contributed by atoms with van der Waals surface area (Å²) in [5, 5.41) is 6.54. The molecule has 0 bridgehead atoms. The lowest BCUT2D eigenvalue weighted by molar-refractivity contribution is -0.117. The standard InChI is InChI=1S/C22H29ClN4O2/c1-5-27(6-2)10-9-24-22(29)20-13(3)19(25-14(20)4)12-17-16-11-15(23)7-8-18(16)26-21(17)28/h7-8,11,17,25H,5-6,9-10,12H2,1-4H3,(H,24,29)(H,26,28)/t17-/m1/s1. The SMILES string of the molecule is CCN(CC)CCNC(=O)c1c(C)[nH]c(C[C@H]2C(=O)Nc3ccc(Cl)cc32)c1C. The number of aromatic nitrogens is 1. The van der Waals surface area contributed by atoms with E-state index in [0.717, 1.165) is 47.8 Å². The van der Waals surface area contributed by atoms with Crippen molar-refractivity contribution in [3.8, 4) is 0 Å². The first-order valence-electron chi connectivity index (χ1n) is 10.1. The Hall–Kier alpha value is -2.31. The van der Waals surface area contributed by atoms with Gasteiger partial charge < -0.3 is 20.5 Å². The van der Waals surface area contributed by atoms with E-state index in [1.54, 1.807) is 6.07 Å². The van der Waals surface area contributed by atoms with Gasteiger partial charge in [0.2, 0.25) is 5.91 Å². The van der Waals surface area contributed by atoms with Gasteiger partial charge in [0.05, 0.1) is 11.5 Å². The minimum absolute atomic E-state index is 0.0425. The van der Waals surface area contributed by atoms with Gasteiger partial charge >= 0.3 is 0 Å². The lowest BCUT2D eigenvalue weighted by Gasteiger charge is -2.18. The quantitative estimate of drug-likeness (QED) is 0.614.